The van der Waals surface area contributed by atoms with Gasteiger partial charge >= 0.3 is 0 Å². The second-order valence-corrected chi connectivity index (χ2v) is 20.3. The van der Waals surface area contributed by atoms with Crippen LogP contribution < -0.4 is 4.90 Å². The van der Waals surface area contributed by atoms with E-state index in [0.717, 1.165) is 50.2 Å². The number of benzene rings is 7. The third-order valence-electron chi connectivity index (χ3n) is 13.7. The summed E-state index contributed by atoms with van der Waals surface area (Å²) in [5.41, 5.74) is 19.9. The molecule has 0 aliphatic heterocycles. The zero-order chi connectivity index (χ0) is 41.0. The van der Waals surface area contributed by atoms with Crippen LogP contribution in [0.2, 0.25) is 0 Å². The molecule has 9 aromatic rings. The minimum atomic E-state index is -0.206. The Morgan fingerprint density at radius 3 is 1.78 bits per heavy atom. The summed E-state index contributed by atoms with van der Waals surface area (Å²) in [4.78, 5) is 2.45. The summed E-state index contributed by atoms with van der Waals surface area (Å²) >= 11 is 0. The smallest absolute Gasteiger partial charge is 0.139 e. The van der Waals surface area contributed by atoms with Crippen LogP contribution in [0.25, 0.3) is 66.1 Å². The highest BCUT2D eigenvalue weighted by atomic mass is 16.3. The summed E-state index contributed by atoms with van der Waals surface area (Å²) < 4.78 is 13.2. The molecule has 0 saturated heterocycles. The van der Waals surface area contributed by atoms with E-state index in [-0.39, 0.29) is 21.7 Å². The maximum Gasteiger partial charge on any atom is 0.139 e. The number of furan rings is 2. The van der Waals surface area contributed by atoms with Crippen molar-refractivity contribution >= 4 is 60.9 Å². The second-order valence-electron chi connectivity index (χ2n) is 20.3. The largest absolute Gasteiger partial charge is 0.456 e. The molecule has 59 heavy (non-hydrogen) atoms. The van der Waals surface area contributed by atoms with Crippen LogP contribution in [0.3, 0.4) is 0 Å². The Bertz CT molecular complexity index is 3240. The summed E-state index contributed by atoms with van der Waals surface area (Å²) in [5.74, 6) is 0. The zero-order valence-corrected chi connectivity index (χ0v) is 35.9. The molecule has 0 atom stereocenters. The molecule has 292 valence electrons. The molecule has 3 heteroatoms. The van der Waals surface area contributed by atoms with Crippen LogP contribution >= 0.6 is 0 Å². The van der Waals surface area contributed by atoms with Gasteiger partial charge in [-0.25, -0.2) is 0 Å². The number of hydrogen-bond acceptors (Lipinski definition) is 3. The predicted molar refractivity (Wildman–Crippen MR) is 248 cm³/mol. The molecule has 3 nitrogen and oxygen atoms in total. The van der Waals surface area contributed by atoms with Crippen molar-refractivity contribution in [2.24, 2.45) is 0 Å². The fraction of sp³-hybridized carbons (Fsp3) is 0.250. The molecule has 0 saturated carbocycles. The van der Waals surface area contributed by atoms with E-state index in [4.69, 9.17) is 8.83 Å². The summed E-state index contributed by atoms with van der Waals surface area (Å²) in [5, 5.41) is 4.62. The van der Waals surface area contributed by atoms with Gasteiger partial charge in [-0.1, -0.05) is 130 Å². The first-order valence-corrected chi connectivity index (χ1v) is 21.2. The van der Waals surface area contributed by atoms with Gasteiger partial charge in [0.25, 0.3) is 0 Å². The average molecular weight is 770 g/mol. The predicted octanol–water partition coefficient (Wildman–Crippen LogP) is 16.2. The first kappa shape index (κ1) is 36.1. The van der Waals surface area contributed by atoms with Crippen molar-refractivity contribution < 1.29 is 8.83 Å². The van der Waals surface area contributed by atoms with E-state index >= 15 is 0 Å². The Kier molecular flexibility index (Phi) is 7.20. The number of para-hydroxylation sites is 1. The molecular weight excluding hydrogens is 719 g/mol. The Balaban J connectivity index is 1.14. The lowest BCUT2D eigenvalue weighted by atomic mass is 9.79. The topological polar surface area (TPSA) is 29.5 Å². The molecule has 2 aliphatic rings. The number of nitrogens with zero attached hydrogens (tertiary/aromatic N) is 1. The SMILES string of the molecule is CC(C)(C)c1cc(C(C)(C)C)c2oc3cc4c(cc3c2c1)-c1cc(N(c2ccc3c(c2)C(C)(C)c2ccccc2-3)c2ccc3oc5ccccc5c3c2)ccc1C4(C)C. The third kappa shape index (κ3) is 5.13. The van der Waals surface area contributed by atoms with Gasteiger partial charge in [-0.2, -0.15) is 0 Å². The van der Waals surface area contributed by atoms with Crippen molar-refractivity contribution in [3.63, 3.8) is 0 Å². The van der Waals surface area contributed by atoms with Crippen LogP contribution in [0.5, 0.6) is 0 Å². The monoisotopic (exact) mass is 769 g/mol. The van der Waals surface area contributed by atoms with Gasteiger partial charge in [0, 0.05) is 55.0 Å². The van der Waals surface area contributed by atoms with Crippen molar-refractivity contribution in [3.05, 3.63) is 161 Å². The van der Waals surface area contributed by atoms with Crippen LogP contribution in [0, 0.1) is 0 Å². The Labute approximate surface area is 347 Å². The molecule has 7 aromatic carbocycles. The summed E-state index contributed by atoms with van der Waals surface area (Å²) in [6.45, 7) is 23.2. The molecular formula is C56H51NO2. The molecule has 0 bridgehead atoms. The van der Waals surface area contributed by atoms with Gasteiger partial charge < -0.3 is 13.7 Å². The fourth-order valence-corrected chi connectivity index (χ4v) is 10.4. The Morgan fingerprint density at radius 2 is 1.00 bits per heavy atom. The number of rotatable bonds is 3. The highest BCUT2D eigenvalue weighted by molar-refractivity contribution is 6.10. The first-order chi connectivity index (χ1) is 28.0. The molecule has 2 heterocycles. The van der Waals surface area contributed by atoms with Crippen LogP contribution in [-0.2, 0) is 21.7 Å². The highest BCUT2D eigenvalue weighted by Gasteiger charge is 2.39. The van der Waals surface area contributed by atoms with Crippen LogP contribution in [0.4, 0.5) is 17.1 Å². The van der Waals surface area contributed by atoms with Gasteiger partial charge in [0.15, 0.2) is 0 Å². The highest BCUT2D eigenvalue weighted by Crippen LogP contribution is 2.55. The van der Waals surface area contributed by atoms with Gasteiger partial charge in [0.05, 0.1) is 0 Å². The van der Waals surface area contributed by atoms with E-state index in [1.165, 1.54) is 66.4 Å². The average Bonchev–Trinajstić information content (AvgIpc) is 3.88. The van der Waals surface area contributed by atoms with Crippen LogP contribution in [0.1, 0.15) is 103 Å². The van der Waals surface area contributed by atoms with Gasteiger partial charge in [0.1, 0.15) is 22.3 Å². The third-order valence-corrected chi connectivity index (χ3v) is 13.7. The minimum absolute atomic E-state index is 0.00276. The lowest BCUT2D eigenvalue weighted by Gasteiger charge is -2.29. The van der Waals surface area contributed by atoms with Crippen molar-refractivity contribution in [2.75, 3.05) is 4.90 Å². The van der Waals surface area contributed by atoms with E-state index in [0.29, 0.717) is 0 Å². The maximum atomic E-state index is 6.89. The Hall–Kier alpha value is -6.06. The lowest BCUT2D eigenvalue weighted by molar-refractivity contribution is 0.559. The van der Waals surface area contributed by atoms with Crippen molar-refractivity contribution in [2.45, 2.75) is 90.9 Å². The molecule has 2 aliphatic carbocycles. The number of fused-ring (bicyclic) bond motifs is 12. The standard InChI is InChI=1S/C56H51NO2/c1-53(2,3)32-25-43-42-30-40-39-27-33(20-23-45(39)56(9,10)47(40)31-51(42)59-52(43)48(26-32)54(4,5)6)57(34-21-24-50-41(28-34)38-16-12-14-18-49(38)58-50)35-19-22-37-36-15-11-13-17-44(36)55(7,8)46(37)29-35/h11-31H,1-10H3. The number of hydrogen-bond donors (Lipinski definition) is 0. The molecule has 11 rings (SSSR count). The molecule has 0 amide bonds. The molecule has 0 unspecified atom stereocenters. The van der Waals surface area contributed by atoms with E-state index in [1.807, 2.05) is 6.07 Å². The normalized spacial score (nSPS) is 15.2. The maximum absolute atomic E-state index is 6.89. The van der Waals surface area contributed by atoms with Crippen LogP contribution in [0.15, 0.2) is 136 Å². The van der Waals surface area contributed by atoms with E-state index in [2.05, 4.69) is 195 Å². The molecule has 0 radical (unpaired) electrons. The van der Waals surface area contributed by atoms with Gasteiger partial charge in [-0.3, -0.25) is 0 Å². The van der Waals surface area contributed by atoms with Gasteiger partial charge in [-0.05, 0) is 128 Å². The lowest BCUT2D eigenvalue weighted by Crippen LogP contribution is -2.17. The molecule has 2 aromatic heterocycles. The zero-order valence-electron chi connectivity index (χ0n) is 35.9. The van der Waals surface area contributed by atoms with Crippen molar-refractivity contribution in [1.29, 1.82) is 0 Å². The van der Waals surface area contributed by atoms with Gasteiger partial charge in [-0.15, -0.1) is 0 Å². The van der Waals surface area contributed by atoms with Crippen molar-refractivity contribution in [3.8, 4) is 22.3 Å². The molecule has 0 fully saturated rings. The summed E-state index contributed by atoms with van der Waals surface area (Å²) in [6, 6.07) is 47.6. The molecule has 0 N–H and O–H groups in total. The van der Waals surface area contributed by atoms with E-state index < -0.39 is 0 Å². The second kappa shape index (κ2) is 11.8. The number of anilines is 3. The summed E-state index contributed by atoms with van der Waals surface area (Å²) in [6.07, 6.45) is 0. The minimum Gasteiger partial charge on any atom is -0.456 e. The van der Waals surface area contributed by atoms with Crippen LogP contribution in [-0.4, -0.2) is 0 Å². The quantitative estimate of drug-likeness (QED) is 0.179. The van der Waals surface area contributed by atoms with E-state index in [1.54, 1.807) is 0 Å². The van der Waals surface area contributed by atoms with Gasteiger partial charge in [0.2, 0.25) is 0 Å². The summed E-state index contributed by atoms with van der Waals surface area (Å²) in [7, 11) is 0. The van der Waals surface area contributed by atoms with Crippen molar-refractivity contribution in [1.82, 2.24) is 0 Å². The fourth-order valence-electron chi connectivity index (χ4n) is 10.4. The molecule has 0 spiro atoms. The Morgan fingerprint density at radius 1 is 0.407 bits per heavy atom. The first-order valence-electron chi connectivity index (χ1n) is 21.2. The van der Waals surface area contributed by atoms with E-state index in [9.17, 15) is 0 Å².